The fraction of sp³-hybridized carbons (Fsp3) is 0.348. The van der Waals surface area contributed by atoms with Gasteiger partial charge >= 0.3 is 0 Å². The molecule has 0 saturated carbocycles. The summed E-state index contributed by atoms with van der Waals surface area (Å²) in [7, 11) is 0. The summed E-state index contributed by atoms with van der Waals surface area (Å²) < 4.78 is 0. The van der Waals surface area contributed by atoms with E-state index in [9.17, 15) is 9.59 Å². The number of hydrogen-bond donors (Lipinski definition) is 0. The topological polar surface area (TPSA) is 67.7 Å². The number of piperazine rings is 1. The number of rotatable bonds is 3. The first-order valence-electron chi connectivity index (χ1n) is 9.96. The molecule has 29 heavy (non-hydrogen) atoms. The molecule has 0 aromatic heterocycles. The van der Waals surface area contributed by atoms with Crippen LogP contribution in [0.1, 0.15) is 17.5 Å². The van der Waals surface area contributed by atoms with Crippen molar-refractivity contribution in [2.75, 3.05) is 42.5 Å². The highest BCUT2D eigenvalue weighted by Crippen LogP contribution is 2.27. The average Bonchev–Trinajstić information content (AvgIpc) is 3.15. The number of nitriles is 1. The first-order chi connectivity index (χ1) is 14.0. The SMILES string of the molecule is Cc1cccc(N2CCN(C(=O)C3CC(=O)N(c4cccc(C#N)c4)C3)CC2)c1. The monoisotopic (exact) mass is 388 g/mol. The number of aryl methyl sites for hydroxylation is 1. The van der Waals surface area contributed by atoms with E-state index in [1.807, 2.05) is 11.0 Å². The third-order valence-electron chi connectivity index (χ3n) is 5.72. The van der Waals surface area contributed by atoms with E-state index in [2.05, 4.69) is 42.2 Å². The van der Waals surface area contributed by atoms with Crippen LogP contribution in [-0.2, 0) is 9.59 Å². The Balaban J connectivity index is 1.38. The van der Waals surface area contributed by atoms with Crippen LogP contribution in [-0.4, -0.2) is 49.4 Å². The van der Waals surface area contributed by atoms with Gasteiger partial charge in [0, 0.05) is 50.5 Å². The molecule has 6 nitrogen and oxygen atoms in total. The predicted molar refractivity (Wildman–Crippen MR) is 112 cm³/mol. The summed E-state index contributed by atoms with van der Waals surface area (Å²) in [4.78, 5) is 31.3. The van der Waals surface area contributed by atoms with Crippen molar-refractivity contribution in [2.24, 2.45) is 5.92 Å². The molecule has 2 fully saturated rings. The van der Waals surface area contributed by atoms with Crippen LogP contribution in [0.2, 0.25) is 0 Å². The van der Waals surface area contributed by atoms with Gasteiger partial charge in [0.2, 0.25) is 11.8 Å². The Morgan fingerprint density at radius 1 is 1.03 bits per heavy atom. The molecule has 0 N–H and O–H groups in total. The number of anilines is 2. The molecule has 2 saturated heterocycles. The highest BCUT2D eigenvalue weighted by molar-refractivity contribution is 6.00. The molecule has 2 heterocycles. The van der Waals surface area contributed by atoms with Crippen LogP contribution in [0.5, 0.6) is 0 Å². The maximum atomic E-state index is 13.0. The van der Waals surface area contributed by atoms with E-state index in [0.717, 1.165) is 13.1 Å². The lowest BCUT2D eigenvalue weighted by Crippen LogP contribution is -2.50. The van der Waals surface area contributed by atoms with Crippen LogP contribution in [0, 0.1) is 24.2 Å². The summed E-state index contributed by atoms with van der Waals surface area (Å²) in [5.74, 6) is -0.322. The van der Waals surface area contributed by atoms with Gasteiger partial charge in [0.25, 0.3) is 0 Å². The number of carbonyl (C=O) groups excluding carboxylic acids is 2. The standard InChI is InChI=1S/C23H24N4O2/c1-17-4-2-6-20(12-17)25-8-10-26(11-9-25)23(29)19-14-22(28)27(16-19)21-7-3-5-18(13-21)15-24/h2-7,12-13,19H,8-11,14,16H2,1H3. The number of hydrogen-bond acceptors (Lipinski definition) is 4. The van der Waals surface area contributed by atoms with Gasteiger partial charge in [-0.25, -0.2) is 0 Å². The minimum Gasteiger partial charge on any atom is -0.368 e. The maximum absolute atomic E-state index is 13.0. The Labute approximate surface area is 170 Å². The zero-order valence-corrected chi connectivity index (χ0v) is 16.5. The molecule has 1 unspecified atom stereocenters. The Hall–Kier alpha value is -3.33. The molecule has 1 atom stereocenters. The molecule has 2 aliphatic heterocycles. The predicted octanol–water partition coefficient (Wildman–Crippen LogP) is 2.57. The summed E-state index contributed by atoms with van der Waals surface area (Å²) in [5, 5.41) is 9.08. The van der Waals surface area contributed by atoms with Gasteiger partial charge < -0.3 is 14.7 Å². The first-order valence-corrected chi connectivity index (χ1v) is 9.96. The third kappa shape index (κ3) is 3.95. The number of amides is 2. The maximum Gasteiger partial charge on any atom is 0.228 e. The van der Waals surface area contributed by atoms with E-state index in [1.165, 1.54) is 11.3 Å². The van der Waals surface area contributed by atoms with Crippen molar-refractivity contribution in [3.8, 4) is 6.07 Å². The first kappa shape index (κ1) is 19.0. The number of carbonyl (C=O) groups is 2. The minimum atomic E-state index is -0.321. The largest absolute Gasteiger partial charge is 0.368 e. The lowest BCUT2D eigenvalue weighted by Gasteiger charge is -2.37. The highest BCUT2D eigenvalue weighted by atomic mass is 16.2. The highest BCUT2D eigenvalue weighted by Gasteiger charge is 2.38. The average molecular weight is 388 g/mol. The van der Waals surface area contributed by atoms with Crippen molar-refractivity contribution in [1.82, 2.24) is 4.90 Å². The van der Waals surface area contributed by atoms with Crippen molar-refractivity contribution in [2.45, 2.75) is 13.3 Å². The van der Waals surface area contributed by atoms with Crippen LogP contribution >= 0.6 is 0 Å². The van der Waals surface area contributed by atoms with E-state index >= 15 is 0 Å². The van der Waals surface area contributed by atoms with Gasteiger partial charge in [-0.3, -0.25) is 9.59 Å². The van der Waals surface area contributed by atoms with Gasteiger partial charge in [0.1, 0.15) is 0 Å². The molecule has 0 radical (unpaired) electrons. The van der Waals surface area contributed by atoms with E-state index < -0.39 is 0 Å². The van der Waals surface area contributed by atoms with Crippen molar-refractivity contribution in [3.63, 3.8) is 0 Å². The molecule has 6 heteroatoms. The van der Waals surface area contributed by atoms with Crippen LogP contribution in [0.15, 0.2) is 48.5 Å². The van der Waals surface area contributed by atoms with E-state index in [0.29, 0.717) is 30.9 Å². The molecule has 0 aliphatic carbocycles. The molecule has 2 amide bonds. The van der Waals surface area contributed by atoms with Crippen molar-refractivity contribution in [3.05, 3.63) is 59.7 Å². The molecular formula is C23H24N4O2. The Morgan fingerprint density at radius 2 is 1.76 bits per heavy atom. The van der Waals surface area contributed by atoms with Crippen LogP contribution in [0.4, 0.5) is 11.4 Å². The fourth-order valence-electron chi connectivity index (χ4n) is 4.13. The number of benzene rings is 2. The van der Waals surface area contributed by atoms with Crippen molar-refractivity contribution < 1.29 is 9.59 Å². The van der Waals surface area contributed by atoms with Gasteiger partial charge in [-0.1, -0.05) is 18.2 Å². The fourth-order valence-corrected chi connectivity index (χ4v) is 4.13. The Morgan fingerprint density at radius 3 is 2.48 bits per heavy atom. The Kier molecular flexibility index (Phi) is 5.22. The second-order valence-corrected chi connectivity index (χ2v) is 7.72. The van der Waals surface area contributed by atoms with Crippen LogP contribution in [0.25, 0.3) is 0 Å². The lowest BCUT2D eigenvalue weighted by molar-refractivity contribution is -0.136. The summed E-state index contributed by atoms with van der Waals surface area (Å²) in [6.45, 7) is 5.39. The third-order valence-corrected chi connectivity index (χ3v) is 5.72. The molecule has 0 spiro atoms. The van der Waals surface area contributed by atoms with Gasteiger partial charge in [0.15, 0.2) is 0 Å². The van der Waals surface area contributed by atoms with Crippen LogP contribution in [0.3, 0.4) is 0 Å². The molecule has 4 rings (SSSR count). The lowest BCUT2D eigenvalue weighted by atomic mass is 10.1. The zero-order chi connectivity index (χ0) is 20.4. The van der Waals surface area contributed by atoms with Gasteiger partial charge in [0.05, 0.1) is 17.6 Å². The van der Waals surface area contributed by atoms with E-state index in [-0.39, 0.29) is 24.2 Å². The molecule has 2 aromatic rings. The molecule has 2 aliphatic rings. The second kappa shape index (κ2) is 7.96. The normalized spacial score (nSPS) is 19.4. The van der Waals surface area contributed by atoms with E-state index in [1.54, 1.807) is 23.1 Å². The van der Waals surface area contributed by atoms with Gasteiger partial charge in [-0.2, -0.15) is 5.26 Å². The minimum absolute atomic E-state index is 0.0566. The number of nitrogens with zero attached hydrogens (tertiary/aromatic N) is 4. The Bertz CT molecular complexity index is 973. The summed E-state index contributed by atoms with van der Waals surface area (Å²) >= 11 is 0. The second-order valence-electron chi connectivity index (χ2n) is 7.72. The summed E-state index contributed by atoms with van der Waals surface area (Å²) in [5.41, 5.74) is 3.62. The summed E-state index contributed by atoms with van der Waals surface area (Å²) in [6, 6.07) is 17.5. The molecular weight excluding hydrogens is 364 g/mol. The molecule has 0 bridgehead atoms. The molecule has 148 valence electrons. The smallest absolute Gasteiger partial charge is 0.228 e. The molecule has 2 aromatic carbocycles. The zero-order valence-electron chi connectivity index (χ0n) is 16.5. The van der Waals surface area contributed by atoms with Crippen molar-refractivity contribution in [1.29, 1.82) is 5.26 Å². The summed E-state index contributed by atoms with van der Waals surface area (Å²) in [6.07, 6.45) is 0.230. The van der Waals surface area contributed by atoms with Crippen LogP contribution < -0.4 is 9.80 Å². The van der Waals surface area contributed by atoms with E-state index in [4.69, 9.17) is 5.26 Å². The van der Waals surface area contributed by atoms with Gasteiger partial charge in [-0.05, 0) is 42.8 Å². The quantitative estimate of drug-likeness (QED) is 0.811. The van der Waals surface area contributed by atoms with Gasteiger partial charge in [-0.15, -0.1) is 0 Å². The van der Waals surface area contributed by atoms with Crippen molar-refractivity contribution >= 4 is 23.2 Å².